The number of nitrogens with two attached hydrogens (primary N) is 1. The number of nitro groups is 1. The molecule has 218 valence electrons. The quantitative estimate of drug-likeness (QED) is 0.128. The Hall–Kier alpha value is -5.31. The molecule has 3 aromatic heterocycles. The Bertz CT molecular complexity index is 1690. The summed E-state index contributed by atoms with van der Waals surface area (Å²) < 4.78 is 14.3. The molecule has 0 spiro atoms. The fourth-order valence-corrected chi connectivity index (χ4v) is 4.41. The molecule has 4 aromatic rings. The summed E-state index contributed by atoms with van der Waals surface area (Å²) in [4.78, 5) is 45.0. The van der Waals surface area contributed by atoms with E-state index in [4.69, 9.17) is 15.2 Å². The number of fused-ring (bicyclic) bond motifs is 1. The monoisotopic (exact) mass is 575 g/mol. The number of rotatable bonds is 12. The minimum absolute atomic E-state index is 0.0377. The van der Waals surface area contributed by atoms with E-state index >= 15 is 0 Å². The maximum atomic E-state index is 13.1. The molecule has 15 heteroatoms. The molecule has 1 fully saturated rings. The summed E-state index contributed by atoms with van der Waals surface area (Å²) in [6.45, 7) is 5.40. The molecule has 0 saturated carbocycles. The summed E-state index contributed by atoms with van der Waals surface area (Å²) in [6.07, 6.45) is 4.91. The number of imidazole rings is 1. The van der Waals surface area contributed by atoms with Crippen LogP contribution < -0.4 is 21.1 Å². The van der Waals surface area contributed by atoms with Gasteiger partial charge < -0.3 is 20.5 Å². The van der Waals surface area contributed by atoms with Crippen LogP contribution >= 0.6 is 0 Å². The van der Waals surface area contributed by atoms with E-state index in [9.17, 15) is 19.7 Å². The number of ether oxygens (including phenoxy) is 2. The fourth-order valence-electron chi connectivity index (χ4n) is 4.41. The number of benzene rings is 1. The molecule has 1 saturated heterocycles. The predicted molar refractivity (Wildman–Crippen MR) is 153 cm³/mol. The summed E-state index contributed by atoms with van der Waals surface area (Å²) in [5, 5.41) is 22.0. The zero-order valence-electron chi connectivity index (χ0n) is 22.9. The molecule has 0 bridgehead atoms. The topological polar surface area (TPSA) is 194 Å². The van der Waals surface area contributed by atoms with Crippen LogP contribution in [-0.2, 0) is 17.8 Å². The van der Waals surface area contributed by atoms with Crippen LogP contribution in [0.1, 0.15) is 33.5 Å². The number of nitrogens with zero attached hydrogens (tertiary/aromatic N) is 6. The first kappa shape index (κ1) is 28.2. The Kier molecular flexibility index (Phi) is 8.10. The van der Waals surface area contributed by atoms with Crippen molar-refractivity contribution in [3.8, 4) is 5.75 Å². The number of pyridine rings is 1. The molecule has 1 aliphatic rings. The lowest BCUT2D eigenvalue weighted by molar-refractivity contribution is -0.384. The average molecular weight is 576 g/mol. The predicted octanol–water partition coefficient (Wildman–Crippen LogP) is 2.66. The van der Waals surface area contributed by atoms with Gasteiger partial charge in [-0.05, 0) is 38.1 Å². The van der Waals surface area contributed by atoms with E-state index in [2.05, 4.69) is 25.7 Å². The Morgan fingerprint density at radius 3 is 2.79 bits per heavy atom. The SMILES string of the molecule is CCn1nc(C)cc1C(=O)Nc1nc2cccnc2n1CC=CCNc1c(OC2COC2)cc(C(N)=O)cc1[N+](=O)[O-]. The lowest BCUT2D eigenvalue weighted by atomic mass is 10.1. The molecule has 5 rings (SSSR count). The molecule has 4 heterocycles. The van der Waals surface area contributed by atoms with Crippen molar-refractivity contribution in [1.29, 1.82) is 0 Å². The van der Waals surface area contributed by atoms with Crippen molar-refractivity contribution in [2.75, 3.05) is 30.4 Å². The first-order valence-electron chi connectivity index (χ1n) is 13.2. The molecule has 42 heavy (non-hydrogen) atoms. The lowest BCUT2D eigenvalue weighted by Gasteiger charge is -2.27. The van der Waals surface area contributed by atoms with Crippen LogP contribution in [0.5, 0.6) is 5.75 Å². The molecule has 0 radical (unpaired) electrons. The van der Waals surface area contributed by atoms with Crippen LogP contribution in [0, 0.1) is 17.0 Å². The number of hydrogen-bond acceptors (Lipinski definition) is 10. The van der Waals surface area contributed by atoms with E-state index < -0.39 is 10.8 Å². The average Bonchev–Trinajstić information content (AvgIpc) is 3.49. The molecule has 0 atom stereocenters. The number of allylic oxidation sites excluding steroid dienone is 1. The molecule has 2 amide bonds. The maximum absolute atomic E-state index is 13.1. The van der Waals surface area contributed by atoms with Crippen molar-refractivity contribution in [2.45, 2.75) is 33.0 Å². The number of nitrogens with one attached hydrogen (secondary N) is 2. The van der Waals surface area contributed by atoms with E-state index in [0.717, 1.165) is 11.8 Å². The van der Waals surface area contributed by atoms with Gasteiger partial charge in [0.1, 0.15) is 17.3 Å². The van der Waals surface area contributed by atoms with E-state index in [1.807, 2.05) is 19.9 Å². The fraction of sp³-hybridized carbons (Fsp3) is 0.296. The smallest absolute Gasteiger partial charge is 0.296 e. The van der Waals surface area contributed by atoms with E-state index in [-0.39, 0.29) is 41.2 Å². The summed E-state index contributed by atoms with van der Waals surface area (Å²) in [7, 11) is 0. The summed E-state index contributed by atoms with van der Waals surface area (Å²) in [5.74, 6) is -0.715. The van der Waals surface area contributed by atoms with Crippen molar-refractivity contribution in [1.82, 2.24) is 24.3 Å². The van der Waals surface area contributed by atoms with Gasteiger partial charge in [0.15, 0.2) is 17.1 Å². The molecular weight excluding hydrogens is 546 g/mol. The molecule has 1 aromatic carbocycles. The largest absolute Gasteiger partial charge is 0.483 e. The Labute approximate surface area is 239 Å². The second-order valence-electron chi connectivity index (χ2n) is 9.45. The van der Waals surface area contributed by atoms with Crippen LogP contribution in [-0.4, -0.2) is 66.9 Å². The van der Waals surface area contributed by atoms with Gasteiger partial charge >= 0.3 is 0 Å². The normalized spacial score (nSPS) is 13.3. The molecule has 0 unspecified atom stereocenters. The summed E-state index contributed by atoms with van der Waals surface area (Å²) in [5.41, 5.74) is 7.43. The van der Waals surface area contributed by atoms with Crippen molar-refractivity contribution in [3.05, 3.63) is 75.7 Å². The van der Waals surface area contributed by atoms with E-state index in [1.54, 1.807) is 39.7 Å². The summed E-state index contributed by atoms with van der Waals surface area (Å²) in [6, 6.07) is 7.75. The number of hydrogen-bond donors (Lipinski definition) is 3. The van der Waals surface area contributed by atoms with Crippen molar-refractivity contribution >= 4 is 40.3 Å². The summed E-state index contributed by atoms with van der Waals surface area (Å²) >= 11 is 0. The molecule has 0 aliphatic carbocycles. The third kappa shape index (κ3) is 5.90. The first-order valence-corrected chi connectivity index (χ1v) is 13.2. The van der Waals surface area contributed by atoms with Gasteiger partial charge in [-0.25, -0.2) is 9.97 Å². The van der Waals surface area contributed by atoms with E-state index in [0.29, 0.717) is 49.1 Å². The molecule has 4 N–H and O–H groups in total. The van der Waals surface area contributed by atoms with Gasteiger partial charge in [-0.15, -0.1) is 0 Å². The highest BCUT2D eigenvalue weighted by molar-refractivity contribution is 6.03. The third-order valence-electron chi connectivity index (χ3n) is 6.48. The lowest BCUT2D eigenvalue weighted by Crippen LogP contribution is -2.38. The first-order chi connectivity index (χ1) is 20.2. The van der Waals surface area contributed by atoms with Crippen LogP contribution in [0.25, 0.3) is 11.2 Å². The van der Waals surface area contributed by atoms with E-state index in [1.165, 1.54) is 6.07 Å². The second-order valence-corrected chi connectivity index (χ2v) is 9.45. The number of amides is 2. The van der Waals surface area contributed by atoms with Gasteiger partial charge in [-0.1, -0.05) is 12.2 Å². The Morgan fingerprint density at radius 1 is 1.29 bits per heavy atom. The number of aromatic nitrogens is 5. The maximum Gasteiger partial charge on any atom is 0.296 e. The number of carbonyl (C=O) groups excluding carboxylic acids is 2. The standard InChI is InChI=1S/C27H29N9O6/c1-3-35-21(11-16(2)33-35)26(38)32-27-31-19-7-6-9-30-25(19)34(27)10-5-4-8-29-23-20(36(39)40)12-17(24(28)37)13-22(23)42-18-14-41-15-18/h4-7,9,11-13,18,29H,3,8,10,14-15H2,1-2H3,(H2,28,37)(H,31,32,38). The molecule has 15 nitrogen and oxygen atoms in total. The third-order valence-corrected chi connectivity index (χ3v) is 6.48. The van der Waals surface area contributed by atoms with Crippen LogP contribution in [0.2, 0.25) is 0 Å². The van der Waals surface area contributed by atoms with Gasteiger partial charge in [0.25, 0.3) is 11.6 Å². The molecule has 1 aliphatic heterocycles. The number of primary amides is 1. The highest BCUT2D eigenvalue weighted by Gasteiger charge is 2.27. The number of nitro benzene ring substituents is 1. The zero-order valence-corrected chi connectivity index (χ0v) is 22.9. The van der Waals surface area contributed by atoms with Gasteiger partial charge in [-0.3, -0.25) is 34.3 Å². The van der Waals surface area contributed by atoms with Gasteiger partial charge in [0.2, 0.25) is 11.9 Å². The van der Waals surface area contributed by atoms with Gasteiger partial charge in [0, 0.05) is 37.5 Å². The van der Waals surface area contributed by atoms with Gasteiger partial charge in [0.05, 0.1) is 23.8 Å². The van der Waals surface area contributed by atoms with Crippen molar-refractivity contribution in [2.24, 2.45) is 5.73 Å². The van der Waals surface area contributed by atoms with Crippen LogP contribution in [0.3, 0.4) is 0 Å². The van der Waals surface area contributed by atoms with Crippen molar-refractivity contribution < 1.29 is 24.0 Å². The van der Waals surface area contributed by atoms with Crippen LogP contribution in [0.15, 0.2) is 48.7 Å². The zero-order chi connectivity index (χ0) is 29.8. The number of aryl methyl sites for hydroxylation is 2. The highest BCUT2D eigenvalue weighted by Crippen LogP contribution is 2.37. The molecular formula is C27H29N9O6. The highest BCUT2D eigenvalue weighted by atomic mass is 16.6. The Balaban J connectivity index is 1.35. The second kappa shape index (κ2) is 12.1. The minimum atomic E-state index is -0.808. The van der Waals surface area contributed by atoms with Crippen molar-refractivity contribution in [3.63, 3.8) is 0 Å². The van der Waals surface area contributed by atoms with Gasteiger partial charge in [-0.2, -0.15) is 5.10 Å². The van der Waals surface area contributed by atoms with Crippen LogP contribution in [0.4, 0.5) is 17.3 Å². The minimum Gasteiger partial charge on any atom is -0.483 e. The number of anilines is 2. The Morgan fingerprint density at radius 2 is 2.10 bits per heavy atom. The number of carbonyl (C=O) groups is 2.